The van der Waals surface area contributed by atoms with Crippen molar-refractivity contribution in [3.63, 3.8) is 0 Å². The maximum Gasteiger partial charge on any atom is 0.192 e. The van der Waals surface area contributed by atoms with Crippen molar-refractivity contribution in [3.05, 3.63) is 43.0 Å². The largest absolute Gasteiger partial charge is 0.328 e. The van der Waals surface area contributed by atoms with Crippen LogP contribution in [0.4, 0.5) is 0 Å². The minimum Gasteiger partial charge on any atom is -0.328 e. The topological polar surface area (TPSA) is 26.3 Å². The lowest BCUT2D eigenvalue weighted by Gasteiger charge is -1.99. The maximum absolute atomic E-state index is 10.9. The van der Waals surface area contributed by atoms with Gasteiger partial charge in [0.25, 0.3) is 0 Å². The zero-order chi connectivity index (χ0) is 8.81. The van der Waals surface area contributed by atoms with Gasteiger partial charge in [0.05, 0.1) is 7.11 Å². The highest BCUT2D eigenvalue weighted by atomic mass is 31.1. The summed E-state index contributed by atoms with van der Waals surface area (Å²) in [6.07, 6.45) is 1.38. The molecular weight excluding hydrogens is 171 g/mol. The van der Waals surface area contributed by atoms with Crippen molar-refractivity contribution < 1.29 is 9.09 Å². The fraction of sp³-hybridized carbons (Fsp3) is 0.222. The Balaban J connectivity index is 2.38. The standard InChI is InChI=1S/C9H12O2P/c1-11-12(10)8-7-9-5-3-2-4-6-9/h2-6,12H,1,7-8H2. The first-order valence-corrected chi connectivity index (χ1v) is 5.34. The minimum absolute atomic E-state index is 0.582. The Labute approximate surface area is 73.4 Å². The normalized spacial score (nSPS) is 12.8. The summed E-state index contributed by atoms with van der Waals surface area (Å²) < 4.78 is 15.4. The molecule has 0 saturated carbocycles. The van der Waals surface area contributed by atoms with Gasteiger partial charge in [-0.2, -0.15) is 0 Å². The lowest BCUT2D eigenvalue weighted by molar-refractivity contribution is 0.457. The molecule has 0 aliphatic heterocycles. The first kappa shape index (κ1) is 9.50. The van der Waals surface area contributed by atoms with Crippen LogP contribution in [-0.4, -0.2) is 6.16 Å². The predicted molar refractivity (Wildman–Crippen MR) is 50.5 cm³/mol. The molecule has 0 aromatic heterocycles. The Kier molecular flexibility index (Phi) is 4.06. The third-order valence-electron chi connectivity index (χ3n) is 1.62. The number of aryl methyl sites for hydroxylation is 1. The monoisotopic (exact) mass is 183 g/mol. The van der Waals surface area contributed by atoms with E-state index in [9.17, 15) is 4.57 Å². The molecule has 1 unspecified atom stereocenters. The van der Waals surface area contributed by atoms with Crippen molar-refractivity contribution in [1.29, 1.82) is 0 Å². The zero-order valence-corrected chi connectivity index (χ0v) is 7.82. The van der Waals surface area contributed by atoms with Crippen molar-refractivity contribution >= 4 is 8.03 Å². The van der Waals surface area contributed by atoms with E-state index in [1.807, 2.05) is 30.3 Å². The summed E-state index contributed by atoms with van der Waals surface area (Å²) in [5, 5.41) is 0. The van der Waals surface area contributed by atoms with E-state index < -0.39 is 8.03 Å². The maximum atomic E-state index is 10.9. The molecule has 0 aliphatic carbocycles. The lowest BCUT2D eigenvalue weighted by Crippen LogP contribution is -1.87. The highest BCUT2D eigenvalue weighted by Gasteiger charge is 1.97. The smallest absolute Gasteiger partial charge is 0.192 e. The van der Waals surface area contributed by atoms with Crippen LogP contribution >= 0.6 is 8.03 Å². The van der Waals surface area contributed by atoms with Gasteiger partial charge in [-0.25, -0.2) is 0 Å². The van der Waals surface area contributed by atoms with E-state index in [0.29, 0.717) is 6.16 Å². The van der Waals surface area contributed by atoms with E-state index in [2.05, 4.69) is 11.6 Å². The van der Waals surface area contributed by atoms with Crippen molar-refractivity contribution in [1.82, 2.24) is 0 Å². The van der Waals surface area contributed by atoms with Gasteiger partial charge in [0.15, 0.2) is 8.03 Å². The van der Waals surface area contributed by atoms with Crippen LogP contribution in [0.1, 0.15) is 5.56 Å². The Morgan fingerprint density at radius 1 is 1.33 bits per heavy atom. The molecule has 0 saturated heterocycles. The van der Waals surface area contributed by atoms with Crippen LogP contribution in [0.2, 0.25) is 0 Å². The van der Waals surface area contributed by atoms with Gasteiger partial charge in [0, 0.05) is 6.16 Å². The number of hydrogen-bond acceptors (Lipinski definition) is 2. The highest BCUT2D eigenvalue weighted by Crippen LogP contribution is 2.21. The molecule has 2 nitrogen and oxygen atoms in total. The molecule has 0 N–H and O–H groups in total. The molecule has 0 bridgehead atoms. The van der Waals surface area contributed by atoms with Gasteiger partial charge in [-0.3, -0.25) is 4.57 Å². The quantitative estimate of drug-likeness (QED) is 0.670. The van der Waals surface area contributed by atoms with Gasteiger partial charge in [0.2, 0.25) is 0 Å². The second-order valence-corrected chi connectivity index (χ2v) is 4.03. The molecule has 0 spiro atoms. The van der Waals surface area contributed by atoms with Gasteiger partial charge in [-0.15, -0.1) is 0 Å². The summed E-state index contributed by atoms with van der Waals surface area (Å²) >= 11 is 0. The Morgan fingerprint density at radius 2 is 2.00 bits per heavy atom. The fourth-order valence-corrected chi connectivity index (χ4v) is 1.60. The minimum atomic E-state index is -1.89. The Hall–Kier alpha value is -0.590. The zero-order valence-electron chi connectivity index (χ0n) is 6.82. The summed E-state index contributed by atoms with van der Waals surface area (Å²) in [7, 11) is 1.24. The average Bonchev–Trinajstić information content (AvgIpc) is 2.16. The summed E-state index contributed by atoms with van der Waals surface area (Å²) in [6.45, 7) is 0. The molecule has 65 valence electrons. The molecule has 1 aromatic rings. The third kappa shape index (κ3) is 3.21. The van der Waals surface area contributed by atoms with E-state index in [4.69, 9.17) is 0 Å². The molecule has 0 amide bonds. The van der Waals surface area contributed by atoms with Gasteiger partial charge in [-0.1, -0.05) is 30.3 Å². The molecule has 1 aromatic carbocycles. The first-order chi connectivity index (χ1) is 5.83. The third-order valence-corrected chi connectivity index (χ3v) is 2.60. The molecule has 12 heavy (non-hydrogen) atoms. The van der Waals surface area contributed by atoms with Crippen molar-refractivity contribution in [2.75, 3.05) is 6.16 Å². The van der Waals surface area contributed by atoms with E-state index in [0.717, 1.165) is 6.42 Å². The first-order valence-electron chi connectivity index (χ1n) is 3.81. The van der Waals surface area contributed by atoms with Crippen LogP contribution < -0.4 is 0 Å². The molecule has 0 fully saturated rings. The Morgan fingerprint density at radius 3 is 2.58 bits per heavy atom. The van der Waals surface area contributed by atoms with Crippen LogP contribution in [0.15, 0.2) is 30.3 Å². The summed E-state index contributed by atoms with van der Waals surface area (Å²) in [5.74, 6) is 0. The molecule has 1 radical (unpaired) electrons. The van der Waals surface area contributed by atoms with E-state index in [1.54, 1.807) is 0 Å². The highest BCUT2D eigenvalue weighted by molar-refractivity contribution is 7.39. The number of benzene rings is 1. The fourth-order valence-electron chi connectivity index (χ4n) is 0.963. The van der Waals surface area contributed by atoms with Crippen molar-refractivity contribution in [3.8, 4) is 0 Å². The molecule has 1 rings (SSSR count). The lowest BCUT2D eigenvalue weighted by atomic mass is 10.2. The van der Waals surface area contributed by atoms with Crippen LogP contribution in [0.3, 0.4) is 0 Å². The van der Waals surface area contributed by atoms with E-state index in [1.165, 1.54) is 5.56 Å². The predicted octanol–water partition coefficient (Wildman–Crippen LogP) is 2.51. The van der Waals surface area contributed by atoms with E-state index >= 15 is 0 Å². The van der Waals surface area contributed by atoms with Crippen LogP contribution in [0.25, 0.3) is 0 Å². The summed E-state index contributed by atoms with van der Waals surface area (Å²) in [5.41, 5.74) is 1.19. The average molecular weight is 183 g/mol. The molecule has 0 heterocycles. The Bertz CT molecular complexity index is 246. The second-order valence-electron chi connectivity index (χ2n) is 2.50. The van der Waals surface area contributed by atoms with Gasteiger partial charge >= 0.3 is 0 Å². The summed E-state index contributed by atoms with van der Waals surface area (Å²) in [4.78, 5) is 0. The number of rotatable bonds is 4. The molecule has 3 heteroatoms. The SMILES string of the molecule is [CH2]O[PH](=O)CCc1ccccc1. The van der Waals surface area contributed by atoms with Crippen molar-refractivity contribution in [2.45, 2.75) is 6.42 Å². The van der Waals surface area contributed by atoms with Gasteiger partial charge in [0.1, 0.15) is 0 Å². The molecule has 0 aliphatic rings. The molecular formula is C9H12O2P. The summed E-state index contributed by atoms with van der Waals surface area (Å²) in [6, 6.07) is 9.93. The molecule has 1 atom stereocenters. The second kappa shape index (κ2) is 5.13. The van der Waals surface area contributed by atoms with Crippen LogP contribution in [0.5, 0.6) is 0 Å². The van der Waals surface area contributed by atoms with E-state index in [-0.39, 0.29) is 0 Å². The van der Waals surface area contributed by atoms with Gasteiger partial charge in [-0.05, 0) is 12.0 Å². The number of hydrogen-bond donors (Lipinski definition) is 0. The van der Waals surface area contributed by atoms with Gasteiger partial charge < -0.3 is 4.52 Å². The van der Waals surface area contributed by atoms with Crippen LogP contribution in [0, 0.1) is 7.11 Å². The van der Waals surface area contributed by atoms with Crippen LogP contribution in [-0.2, 0) is 15.5 Å². The van der Waals surface area contributed by atoms with Crippen molar-refractivity contribution in [2.24, 2.45) is 0 Å².